The van der Waals surface area contributed by atoms with Gasteiger partial charge in [0.25, 0.3) is 0 Å². The number of nitrogens with one attached hydrogen (secondary N) is 1. The number of nitrogens with zero attached hydrogens (tertiary/aromatic N) is 1. The topological polar surface area (TPSA) is 15.3 Å². The van der Waals surface area contributed by atoms with Crippen LogP contribution in [0.5, 0.6) is 0 Å². The van der Waals surface area contributed by atoms with Gasteiger partial charge in [-0.3, -0.25) is 0 Å². The summed E-state index contributed by atoms with van der Waals surface area (Å²) in [5.74, 6) is -0.109. The Labute approximate surface area is 116 Å². The molecule has 0 aromatic heterocycles. The molecule has 106 valence electrons. The van der Waals surface area contributed by atoms with Crippen molar-refractivity contribution in [3.8, 4) is 0 Å². The van der Waals surface area contributed by atoms with E-state index in [1.54, 1.807) is 12.1 Å². The van der Waals surface area contributed by atoms with E-state index < -0.39 is 0 Å². The summed E-state index contributed by atoms with van der Waals surface area (Å²) in [6.45, 7) is 4.93. The molecular weight excluding hydrogens is 239 g/mol. The van der Waals surface area contributed by atoms with Gasteiger partial charge in [0, 0.05) is 25.0 Å². The molecule has 0 unspecified atom stereocenters. The lowest BCUT2D eigenvalue weighted by molar-refractivity contribution is 0.291. The third kappa shape index (κ3) is 3.27. The molecule has 1 N–H and O–H groups in total. The predicted octanol–water partition coefficient (Wildman–Crippen LogP) is 3.43. The second kappa shape index (κ2) is 6.38. The maximum Gasteiger partial charge on any atom is 0.146 e. The minimum atomic E-state index is -0.109. The molecule has 19 heavy (non-hydrogen) atoms. The van der Waals surface area contributed by atoms with Crippen LogP contribution in [0.25, 0.3) is 0 Å². The van der Waals surface area contributed by atoms with Crippen molar-refractivity contribution in [3.63, 3.8) is 0 Å². The van der Waals surface area contributed by atoms with Gasteiger partial charge >= 0.3 is 0 Å². The van der Waals surface area contributed by atoms with Gasteiger partial charge in [-0.1, -0.05) is 25.0 Å². The smallest absolute Gasteiger partial charge is 0.146 e. The van der Waals surface area contributed by atoms with Crippen LogP contribution in [0.2, 0.25) is 0 Å². The van der Waals surface area contributed by atoms with E-state index in [-0.39, 0.29) is 5.82 Å². The van der Waals surface area contributed by atoms with Crippen LogP contribution in [0.15, 0.2) is 24.3 Å². The van der Waals surface area contributed by atoms with Crippen LogP contribution in [0.3, 0.4) is 0 Å². The van der Waals surface area contributed by atoms with Crippen LogP contribution in [0.1, 0.15) is 32.6 Å². The van der Waals surface area contributed by atoms with Gasteiger partial charge in [0.2, 0.25) is 0 Å². The van der Waals surface area contributed by atoms with E-state index in [1.165, 1.54) is 25.7 Å². The summed E-state index contributed by atoms with van der Waals surface area (Å²) in [6.07, 6.45) is 5.10. The molecule has 2 nitrogen and oxygen atoms in total. The fourth-order valence-corrected chi connectivity index (χ4v) is 3.37. The lowest BCUT2D eigenvalue weighted by atomic mass is 9.85. The molecule has 1 aromatic rings. The van der Waals surface area contributed by atoms with E-state index in [1.807, 2.05) is 19.2 Å². The monoisotopic (exact) mass is 264 g/mol. The van der Waals surface area contributed by atoms with Gasteiger partial charge < -0.3 is 10.2 Å². The molecular formula is C16H25FN2. The highest BCUT2D eigenvalue weighted by atomic mass is 19.1. The second-order valence-corrected chi connectivity index (χ2v) is 5.70. The molecule has 0 radical (unpaired) electrons. The molecule has 2 rings (SSSR count). The van der Waals surface area contributed by atoms with Crippen molar-refractivity contribution in [2.45, 2.75) is 32.6 Å². The Morgan fingerprint density at radius 2 is 1.95 bits per heavy atom. The lowest BCUT2D eigenvalue weighted by Crippen LogP contribution is -2.42. The molecule has 1 aliphatic rings. The van der Waals surface area contributed by atoms with Gasteiger partial charge in [-0.05, 0) is 38.9 Å². The summed E-state index contributed by atoms with van der Waals surface area (Å²) in [6, 6.07) is 7.12. The number of benzene rings is 1. The quantitative estimate of drug-likeness (QED) is 0.847. The van der Waals surface area contributed by atoms with Crippen LogP contribution in [0.4, 0.5) is 10.1 Å². The van der Waals surface area contributed by atoms with E-state index >= 15 is 0 Å². The molecule has 1 aromatic carbocycles. The summed E-state index contributed by atoms with van der Waals surface area (Å²) >= 11 is 0. The minimum Gasteiger partial charge on any atom is -0.369 e. The zero-order valence-corrected chi connectivity index (χ0v) is 12.1. The van der Waals surface area contributed by atoms with Crippen molar-refractivity contribution in [1.82, 2.24) is 5.32 Å². The molecule has 1 fully saturated rings. The van der Waals surface area contributed by atoms with Gasteiger partial charge in [0.05, 0.1) is 5.69 Å². The summed E-state index contributed by atoms with van der Waals surface area (Å²) in [5.41, 5.74) is 1.06. The summed E-state index contributed by atoms with van der Waals surface area (Å²) < 4.78 is 14.0. The Hall–Kier alpha value is -1.09. The standard InChI is InChI=1S/C16H25FN2/c1-3-19(15-9-5-4-8-14(15)17)13-16(12-18-2)10-6-7-11-16/h4-5,8-9,18H,3,6-7,10-13H2,1-2H3. The number of rotatable bonds is 6. The van der Waals surface area contributed by atoms with Gasteiger partial charge in [0.15, 0.2) is 0 Å². The number of hydrogen-bond acceptors (Lipinski definition) is 2. The highest BCUT2D eigenvalue weighted by Gasteiger charge is 2.35. The van der Waals surface area contributed by atoms with E-state index in [4.69, 9.17) is 0 Å². The van der Waals surface area contributed by atoms with Crippen molar-refractivity contribution in [1.29, 1.82) is 0 Å². The Morgan fingerprint density at radius 3 is 2.53 bits per heavy atom. The molecule has 0 atom stereocenters. The zero-order chi connectivity index (χ0) is 13.7. The van der Waals surface area contributed by atoms with Crippen molar-refractivity contribution in [3.05, 3.63) is 30.1 Å². The van der Waals surface area contributed by atoms with Gasteiger partial charge in [-0.25, -0.2) is 4.39 Å². The average molecular weight is 264 g/mol. The van der Waals surface area contributed by atoms with E-state index in [9.17, 15) is 4.39 Å². The van der Waals surface area contributed by atoms with Gasteiger partial charge in [0.1, 0.15) is 5.82 Å². The molecule has 0 amide bonds. The summed E-state index contributed by atoms with van der Waals surface area (Å²) in [4.78, 5) is 2.19. The first-order valence-corrected chi connectivity index (χ1v) is 7.35. The molecule has 0 bridgehead atoms. The fourth-order valence-electron chi connectivity index (χ4n) is 3.37. The van der Waals surface area contributed by atoms with Crippen LogP contribution < -0.4 is 10.2 Å². The number of halogens is 1. The maximum atomic E-state index is 14.0. The number of anilines is 1. The van der Waals surface area contributed by atoms with Crippen LogP contribution in [0, 0.1) is 11.2 Å². The Kier molecular flexibility index (Phi) is 4.81. The van der Waals surface area contributed by atoms with E-state index in [0.29, 0.717) is 5.41 Å². The summed E-state index contributed by atoms with van der Waals surface area (Å²) in [5, 5.41) is 3.33. The Morgan fingerprint density at radius 1 is 1.26 bits per heavy atom. The number of hydrogen-bond donors (Lipinski definition) is 1. The average Bonchev–Trinajstić information content (AvgIpc) is 2.86. The Bertz CT molecular complexity index is 399. The summed E-state index contributed by atoms with van der Waals surface area (Å²) in [7, 11) is 2.01. The van der Waals surface area contributed by atoms with Crippen molar-refractivity contribution in [2.24, 2.45) is 5.41 Å². The lowest BCUT2D eigenvalue weighted by Gasteiger charge is -2.36. The predicted molar refractivity (Wildman–Crippen MR) is 79.1 cm³/mol. The maximum absolute atomic E-state index is 14.0. The van der Waals surface area contributed by atoms with Crippen LogP contribution in [-0.4, -0.2) is 26.7 Å². The fraction of sp³-hybridized carbons (Fsp3) is 0.625. The first-order valence-electron chi connectivity index (χ1n) is 7.35. The minimum absolute atomic E-state index is 0.109. The molecule has 3 heteroatoms. The van der Waals surface area contributed by atoms with E-state index in [0.717, 1.165) is 25.3 Å². The third-order valence-electron chi connectivity index (χ3n) is 4.32. The SMILES string of the molecule is CCN(CC1(CNC)CCCC1)c1ccccc1F. The Balaban J connectivity index is 2.16. The van der Waals surface area contributed by atoms with Gasteiger partial charge in [-0.2, -0.15) is 0 Å². The van der Waals surface area contributed by atoms with Crippen molar-refractivity contribution >= 4 is 5.69 Å². The van der Waals surface area contributed by atoms with Crippen molar-refractivity contribution in [2.75, 3.05) is 31.6 Å². The molecule has 0 heterocycles. The zero-order valence-electron chi connectivity index (χ0n) is 12.1. The third-order valence-corrected chi connectivity index (χ3v) is 4.32. The molecule has 1 saturated carbocycles. The normalized spacial score (nSPS) is 17.6. The molecule has 0 saturated heterocycles. The molecule has 0 spiro atoms. The molecule has 1 aliphatic carbocycles. The van der Waals surface area contributed by atoms with Gasteiger partial charge in [-0.15, -0.1) is 0 Å². The number of para-hydroxylation sites is 1. The molecule has 0 aliphatic heterocycles. The largest absolute Gasteiger partial charge is 0.369 e. The van der Waals surface area contributed by atoms with Crippen LogP contribution in [-0.2, 0) is 0 Å². The highest BCUT2D eigenvalue weighted by Crippen LogP contribution is 2.39. The second-order valence-electron chi connectivity index (χ2n) is 5.70. The van der Waals surface area contributed by atoms with Crippen molar-refractivity contribution < 1.29 is 4.39 Å². The first-order chi connectivity index (χ1) is 9.21. The van der Waals surface area contributed by atoms with Crippen LogP contribution >= 0.6 is 0 Å². The first kappa shape index (κ1) is 14.3. The highest BCUT2D eigenvalue weighted by molar-refractivity contribution is 5.47. The van der Waals surface area contributed by atoms with E-state index in [2.05, 4.69) is 17.1 Å².